The van der Waals surface area contributed by atoms with Crippen LogP contribution in [0.4, 0.5) is 5.82 Å². The monoisotopic (exact) mass is 571 g/mol. The minimum atomic E-state index is -3.86. The number of fused-ring (bicyclic) bond motifs is 1. The highest BCUT2D eigenvalue weighted by atomic mass is 32.2. The zero-order chi connectivity index (χ0) is 27.4. The molecule has 1 saturated carbocycles. The fourth-order valence-corrected chi connectivity index (χ4v) is 7.57. The summed E-state index contributed by atoms with van der Waals surface area (Å²) in [7, 11) is -2.10. The largest absolute Gasteiger partial charge is 0.378 e. The molecular weight excluding hydrogens is 542 g/mol. The van der Waals surface area contributed by atoms with Gasteiger partial charge in [0.05, 0.1) is 37.9 Å². The molecule has 0 unspecified atom stereocenters. The topological polar surface area (TPSA) is 133 Å². The van der Waals surface area contributed by atoms with Gasteiger partial charge in [0, 0.05) is 43.6 Å². The maximum atomic E-state index is 13.7. The molecule has 2 fully saturated rings. The third kappa shape index (κ3) is 5.16. The van der Waals surface area contributed by atoms with Crippen LogP contribution in [-0.4, -0.2) is 64.2 Å². The lowest BCUT2D eigenvalue weighted by atomic mass is 10.2. The Morgan fingerprint density at radius 2 is 1.82 bits per heavy atom. The Kier molecular flexibility index (Phi) is 6.44. The number of morpholine rings is 1. The van der Waals surface area contributed by atoms with Crippen LogP contribution < -0.4 is 20.9 Å². The molecule has 0 radical (unpaired) electrons. The number of nitrogens with zero attached hydrogens (tertiary/aromatic N) is 6. The molecule has 0 aromatic carbocycles. The van der Waals surface area contributed by atoms with Gasteiger partial charge in [0.1, 0.15) is 14.9 Å². The Morgan fingerprint density at radius 1 is 1.08 bits per heavy atom. The average molecular weight is 572 g/mol. The van der Waals surface area contributed by atoms with E-state index in [1.54, 1.807) is 30.3 Å². The van der Waals surface area contributed by atoms with E-state index in [2.05, 4.69) is 19.7 Å². The number of anilines is 1. The number of rotatable bonds is 8. The van der Waals surface area contributed by atoms with Crippen molar-refractivity contribution in [1.29, 1.82) is 0 Å². The van der Waals surface area contributed by atoms with Gasteiger partial charge in [-0.15, -0.1) is 11.3 Å². The van der Waals surface area contributed by atoms with Gasteiger partial charge in [-0.1, -0.05) is 6.07 Å². The molecule has 2 aliphatic rings. The first-order valence-corrected chi connectivity index (χ1v) is 15.0. The Hall–Kier alpha value is -3.33. The summed E-state index contributed by atoms with van der Waals surface area (Å²) in [6.07, 6.45) is 6.55. The van der Waals surface area contributed by atoms with Crippen molar-refractivity contribution in [1.82, 2.24) is 28.6 Å². The SMILES string of the molecule is Cn1cc(Cn2c(=O)c3cc(S(=O)(=O)NC4(C)CC4)sc3n(Cc3ccc(N4CCOCC4)nc3)c2=O)cn1. The van der Waals surface area contributed by atoms with Crippen molar-refractivity contribution in [3.63, 3.8) is 0 Å². The number of nitrogens with one attached hydrogen (secondary N) is 1. The van der Waals surface area contributed by atoms with Crippen LogP contribution >= 0.6 is 11.3 Å². The number of pyridine rings is 1. The molecular formula is C25H29N7O5S2. The second-order valence-corrected chi connectivity index (χ2v) is 13.3. The highest BCUT2D eigenvalue weighted by Crippen LogP contribution is 2.37. The van der Waals surface area contributed by atoms with Gasteiger partial charge in [0.25, 0.3) is 15.6 Å². The Labute approximate surface area is 228 Å². The molecule has 4 aromatic rings. The van der Waals surface area contributed by atoms with E-state index in [9.17, 15) is 18.0 Å². The van der Waals surface area contributed by atoms with Crippen LogP contribution in [-0.2, 0) is 34.9 Å². The lowest BCUT2D eigenvalue weighted by Gasteiger charge is -2.27. The molecule has 39 heavy (non-hydrogen) atoms. The van der Waals surface area contributed by atoms with E-state index in [4.69, 9.17) is 4.74 Å². The van der Waals surface area contributed by atoms with Crippen LogP contribution in [0.3, 0.4) is 0 Å². The average Bonchev–Trinajstić information content (AvgIpc) is 3.28. The summed E-state index contributed by atoms with van der Waals surface area (Å²) in [5, 5.41) is 4.32. The predicted octanol–water partition coefficient (Wildman–Crippen LogP) is 1.12. The number of aromatic nitrogens is 5. The first-order valence-electron chi connectivity index (χ1n) is 12.7. The van der Waals surface area contributed by atoms with Gasteiger partial charge in [-0.25, -0.2) is 22.9 Å². The van der Waals surface area contributed by atoms with Crippen molar-refractivity contribution in [3.05, 3.63) is 68.8 Å². The van der Waals surface area contributed by atoms with Crippen molar-refractivity contribution < 1.29 is 13.2 Å². The minimum Gasteiger partial charge on any atom is -0.378 e. The lowest BCUT2D eigenvalue weighted by molar-refractivity contribution is 0.122. The molecule has 0 bridgehead atoms. The molecule has 1 aliphatic carbocycles. The summed E-state index contributed by atoms with van der Waals surface area (Å²) < 4.78 is 38.7. The van der Waals surface area contributed by atoms with Gasteiger partial charge in [-0.05, 0) is 37.5 Å². The van der Waals surface area contributed by atoms with Crippen LogP contribution in [0.5, 0.6) is 0 Å². The molecule has 5 heterocycles. The van der Waals surface area contributed by atoms with Crippen molar-refractivity contribution in [2.24, 2.45) is 7.05 Å². The zero-order valence-corrected chi connectivity index (χ0v) is 23.3. The van der Waals surface area contributed by atoms with Gasteiger partial charge in [-0.2, -0.15) is 5.10 Å². The first-order chi connectivity index (χ1) is 18.6. The molecule has 14 heteroatoms. The highest BCUT2D eigenvalue weighted by molar-refractivity contribution is 7.91. The second-order valence-electron chi connectivity index (χ2n) is 10.4. The number of hydrogen-bond donors (Lipinski definition) is 1. The zero-order valence-electron chi connectivity index (χ0n) is 21.7. The van der Waals surface area contributed by atoms with Gasteiger partial charge >= 0.3 is 5.69 Å². The highest BCUT2D eigenvalue weighted by Gasteiger charge is 2.41. The lowest BCUT2D eigenvalue weighted by Crippen LogP contribution is -2.40. The van der Waals surface area contributed by atoms with Crippen LogP contribution in [0, 0.1) is 0 Å². The summed E-state index contributed by atoms with van der Waals surface area (Å²) >= 11 is 0.932. The summed E-state index contributed by atoms with van der Waals surface area (Å²) in [5.41, 5.74) is -0.0926. The number of hydrogen-bond acceptors (Lipinski definition) is 9. The maximum Gasteiger partial charge on any atom is 0.332 e. The summed E-state index contributed by atoms with van der Waals surface area (Å²) in [6.45, 7) is 4.80. The van der Waals surface area contributed by atoms with Crippen molar-refractivity contribution >= 4 is 37.4 Å². The minimum absolute atomic E-state index is 0.00999. The van der Waals surface area contributed by atoms with E-state index in [0.29, 0.717) is 23.6 Å². The molecule has 12 nitrogen and oxygen atoms in total. The van der Waals surface area contributed by atoms with E-state index >= 15 is 0 Å². The van der Waals surface area contributed by atoms with Crippen LogP contribution in [0.15, 0.2) is 50.6 Å². The Bertz CT molecular complexity index is 1760. The third-order valence-corrected chi connectivity index (χ3v) is 10.4. The second kappa shape index (κ2) is 9.70. The third-order valence-electron chi connectivity index (χ3n) is 7.10. The molecule has 6 rings (SSSR count). The van der Waals surface area contributed by atoms with Gasteiger partial charge in [0.2, 0.25) is 0 Å². The standard InChI is InChI=1S/C25H29N7O5S2/c1-25(5-6-25)28-39(35,36)21-11-19-22(33)31(16-18-13-27-29(2)14-18)24(34)32(23(19)38-21)15-17-3-4-20(26-12-17)30-7-9-37-10-8-30/h3-4,11-14,28H,5-10,15-16H2,1-2H3. The molecule has 1 saturated heterocycles. The van der Waals surface area contributed by atoms with Crippen molar-refractivity contribution in [3.8, 4) is 0 Å². The normalized spacial score (nSPS) is 17.1. The van der Waals surface area contributed by atoms with E-state index in [1.807, 2.05) is 19.1 Å². The summed E-state index contributed by atoms with van der Waals surface area (Å²) in [6, 6.07) is 5.18. The van der Waals surface area contributed by atoms with Crippen LogP contribution in [0.1, 0.15) is 30.9 Å². The van der Waals surface area contributed by atoms with Crippen molar-refractivity contribution in [2.45, 2.75) is 42.6 Å². The molecule has 1 N–H and O–H groups in total. The fraction of sp³-hybridized carbons (Fsp3) is 0.440. The van der Waals surface area contributed by atoms with Gasteiger partial charge in [0.15, 0.2) is 0 Å². The maximum absolute atomic E-state index is 13.7. The number of sulfonamides is 1. The molecule has 0 atom stereocenters. The molecule has 1 aliphatic heterocycles. The van der Waals surface area contributed by atoms with E-state index < -0.39 is 26.8 Å². The predicted molar refractivity (Wildman–Crippen MR) is 147 cm³/mol. The number of aryl methyl sites for hydroxylation is 1. The number of ether oxygens (including phenoxy) is 1. The van der Waals surface area contributed by atoms with Crippen LogP contribution in [0.25, 0.3) is 10.2 Å². The molecule has 0 spiro atoms. The fourth-order valence-electron chi connectivity index (χ4n) is 4.66. The number of thiophene rings is 1. The van der Waals surface area contributed by atoms with Crippen LogP contribution in [0.2, 0.25) is 0 Å². The first kappa shape index (κ1) is 25.9. The van der Waals surface area contributed by atoms with E-state index in [1.165, 1.54) is 10.6 Å². The Morgan fingerprint density at radius 3 is 2.46 bits per heavy atom. The molecule has 0 amide bonds. The quantitative estimate of drug-likeness (QED) is 0.333. The molecule has 4 aromatic heterocycles. The van der Waals surface area contributed by atoms with Gasteiger partial charge < -0.3 is 9.64 Å². The van der Waals surface area contributed by atoms with Gasteiger partial charge in [-0.3, -0.25) is 18.6 Å². The smallest absolute Gasteiger partial charge is 0.332 e. The van der Waals surface area contributed by atoms with E-state index in [0.717, 1.165) is 53.2 Å². The van der Waals surface area contributed by atoms with E-state index in [-0.39, 0.29) is 22.7 Å². The summed E-state index contributed by atoms with van der Waals surface area (Å²) in [5.74, 6) is 0.824. The molecule has 206 valence electrons. The summed E-state index contributed by atoms with van der Waals surface area (Å²) in [4.78, 5) is 34.3. The Balaban J connectivity index is 1.43. The van der Waals surface area contributed by atoms with Crippen molar-refractivity contribution in [2.75, 3.05) is 31.2 Å².